The van der Waals surface area contributed by atoms with E-state index < -0.39 is 11.9 Å². The van der Waals surface area contributed by atoms with Crippen LogP contribution in [0.1, 0.15) is 45.3 Å². The Morgan fingerprint density at radius 3 is 2.70 bits per heavy atom. The molecule has 0 saturated heterocycles. The molecule has 1 atom stereocenters. The first-order valence-corrected chi connectivity index (χ1v) is 10.3. The van der Waals surface area contributed by atoms with Crippen molar-refractivity contribution in [2.24, 2.45) is 5.41 Å². The molecule has 0 radical (unpaired) electrons. The van der Waals surface area contributed by atoms with Gasteiger partial charge in [0.25, 0.3) is 0 Å². The highest BCUT2D eigenvalue weighted by Crippen LogP contribution is 2.47. The molecule has 156 valence electrons. The normalized spacial score (nSPS) is 20.7. The minimum Gasteiger partial charge on any atom is -0.466 e. The van der Waals surface area contributed by atoms with Gasteiger partial charge in [0.2, 0.25) is 0 Å². The molecule has 0 amide bonds. The highest BCUT2D eigenvalue weighted by molar-refractivity contribution is 6.30. The molecule has 5 nitrogen and oxygen atoms in total. The van der Waals surface area contributed by atoms with Gasteiger partial charge in [0.05, 0.1) is 18.6 Å². The maximum Gasteiger partial charge on any atom is 0.336 e. The lowest BCUT2D eigenvalue weighted by atomic mass is 9.69. The quantitative estimate of drug-likeness (QED) is 0.669. The van der Waals surface area contributed by atoms with Crippen LogP contribution >= 0.6 is 11.6 Å². The van der Waals surface area contributed by atoms with E-state index in [0.717, 1.165) is 17.7 Å². The van der Waals surface area contributed by atoms with Crippen LogP contribution in [0.4, 0.5) is 0 Å². The van der Waals surface area contributed by atoms with Crippen molar-refractivity contribution < 1.29 is 18.7 Å². The van der Waals surface area contributed by atoms with Crippen LogP contribution < -0.4 is 5.32 Å². The fourth-order valence-corrected chi connectivity index (χ4v) is 4.60. The Balaban J connectivity index is 1.85. The van der Waals surface area contributed by atoms with Gasteiger partial charge in [0.1, 0.15) is 11.5 Å². The molecular formula is C24H24ClNO4. The number of hydrogen-bond donors (Lipinski definition) is 1. The number of nitrogens with one attached hydrogen (secondary N) is 1. The van der Waals surface area contributed by atoms with Crippen molar-refractivity contribution in [2.45, 2.75) is 39.5 Å². The Labute approximate surface area is 180 Å². The van der Waals surface area contributed by atoms with Crippen LogP contribution in [0.3, 0.4) is 0 Å². The maximum atomic E-state index is 13.2. The monoisotopic (exact) mass is 425 g/mol. The lowest BCUT2D eigenvalue weighted by molar-refractivity contribution is -0.136. The number of hydrogen-bond acceptors (Lipinski definition) is 5. The largest absolute Gasteiger partial charge is 0.466 e. The molecule has 1 N–H and O–H groups in total. The fraction of sp³-hybridized carbons (Fsp3) is 0.333. The number of benzene rings is 1. The van der Waals surface area contributed by atoms with E-state index in [2.05, 4.69) is 19.2 Å². The molecule has 2 aliphatic rings. The second kappa shape index (κ2) is 7.47. The van der Waals surface area contributed by atoms with Gasteiger partial charge in [-0.05, 0) is 43.0 Å². The number of esters is 1. The van der Waals surface area contributed by atoms with Crippen LogP contribution in [0.2, 0.25) is 5.02 Å². The Kier molecular flexibility index (Phi) is 5.10. The van der Waals surface area contributed by atoms with E-state index >= 15 is 0 Å². The molecule has 1 aliphatic carbocycles. The molecule has 0 saturated carbocycles. The van der Waals surface area contributed by atoms with E-state index in [9.17, 15) is 9.59 Å². The van der Waals surface area contributed by atoms with E-state index in [-0.39, 0.29) is 11.2 Å². The van der Waals surface area contributed by atoms with Crippen molar-refractivity contribution in [3.05, 3.63) is 69.7 Å². The summed E-state index contributed by atoms with van der Waals surface area (Å²) in [5.74, 6) is 0.0962. The minimum absolute atomic E-state index is 0.0216. The van der Waals surface area contributed by atoms with Gasteiger partial charge >= 0.3 is 5.97 Å². The predicted molar refractivity (Wildman–Crippen MR) is 115 cm³/mol. The van der Waals surface area contributed by atoms with Crippen LogP contribution in [0.5, 0.6) is 0 Å². The fourth-order valence-electron chi connectivity index (χ4n) is 4.41. The summed E-state index contributed by atoms with van der Waals surface area (Å²) in [4.78, 5) is 25.9. The molecule has 1 aromatic heterocycles. The Morgan fingerprint density at radius 1 is 1.23 bits per heavy atom. The number of rotatable bonds is 3. The lowest BCUT2D eigenvalue weighted by Gasteiger charge is -2.38. The second-order valence-electron chi connectivity index (χ2n) is 8.63. The molecule has 4 rings (SSSR count). The number of furan rings is 1. The average molecular weight is 426 g/mol. The summed E-state index contributed by atoms with van der Waals surface area (Å²) in [5, 5.41) is 3.90. The van der Waals surface area contributed by atoms with Gasteiger partial charge < -0.3 is 14.5 Å². The predicted octanol–water partition coefficient (Wildman–Crippen LogP) is 5.38. The second-order valence-corrected chi connectivity index (χ2v) is 9.07. The smallest absolute Gasteiger partial charge is 0.336 e. The number of ketones is 1. The van der Waals surface area contributed by atoms with Gasteiger partial charge in [-0.25, -0.2) is 4.79 Å². The first-order valence-electron chi connectivity index (χ1n) is 9.88. The SMILES string of the molecule is COC(=O)C1=C(C)NC2=C(C(=O)CC(C)(C)C2)C1c1ccc(-c2cccc(Cl)c2)o1. The van der Waals surface area contributed by atoms with Crippen LogP contribution in [0, 0.1) is 5.41 Å². The Bertz CT molecular complexity index is 1110. The van der Waals surface area contributed by atoms with E-state index in [4.69, 9.17) is 20.8 Å². The van der Waals surface area contributed by atoms with E-state index in [1.165, 1.54) is 7.11 Å². The van der Waals surface area contributed by atoms with Crippen LogP contribution in [0.25, 0.3) is 11.3 Å². The highest BCUT2D eigenvalue weighted by Gasteiger charge is 2.44. The minimum atomic E-state index is -0.606. The van der Waals surface area contributed by atoms with Gasteiger partial charge in [-0.3, -0.25) is 4.79 Å². The third kappa shape index (κ3) is 3.58. The Hall–Kier alpha value is -2.79. The number of allylic oxidation sites excluding steroid dienone is 3. The zero-order chi connectivity index (χ0) is 21.6. The molecule has 1 aliphatic heterocycles. The molecule has 1 unspecified atom stereocenters. The van der Waals surface area contributed by atoms with Crippen molar-refractivity contribution in [3.63, 3.8) is 0 Å². The van der Waals surface area contributed by atoms with Crippen molar-refractivity contribution in [1.29, 1.82) is 0 Å². The topological polar surface area (TPSA) is 68.5 Å². The molecule has 2 heterocycles. The summed E-state index contributed by atoms with van der Waals surface area (Å²) < 4.78 is 11.2. The number of dihydropyridines is 1. The number of ether oxygens (including phenoxy) is 1. The molecule has 0 fully saturated rings. The number of methoxy groups -OCH3 is 1. The van der Waals surface area contributed by atoms with E-state index in [1.807, 2.05) is 37.3 Å². The van der Waals surface area contributed by atoms with E-state index in [0.29, 0.717) is 39.8 Å². The van der Waals surface area contributed by atoms with Gasteiger partial charge in [-0.15, -0.1) is 0 Å². The van der Waals surface area contributed by atoms with E-state index in [1.54, 1.807) is 6.07 Å². The van der Waals surface area contributed by atoms with Gasteiger partial charge in [0.15, 0.2) is 5.78 Å². The first-order chi connectivity index (χ1) is 14.2. The summed E-state index contributed by atoms with van der Waals surface area (Å²) in [6.45, 7) is 5.98. The van der Waals surface area contributed by atoms with Gasteiger partial charge in [-0.2, -0.15) is 0 Å². The first kappa shape index (κ1) is 20.5. The summed E-state index contributed by atoms with van der Waals surface area (Å²) >= 11 is 6.12. The van der Waals surface area contributed by atoms with Crippen molar-refractivity contribution in [1.82, 2.24) is 5.32 Å². The summed E-state index contributed by atoms with van der Waals surface area (Å²) in [6, 6.07) is 11.0. The zero-order valence-electron chi connectivity index (χ0n) is 17.5. The van der Waals surface area contributed by atoms with Crippen LogP contribution in [0.15, 0.2) is 63.4 Å². The number of carbonyl (C=O) groups is 2. The number of Topliss-reactive ketones (excluding diaryl/α,β-unsaturated/α-hetero) is 1. The van der Waals surface area contributed by atoms with Crippen LogP contribution in [-0.2, 0) is 14.3 Å². The van der Waals surface area contributed by atoms with Crippen molar-refractivity contribution in [2.75, 3.05) is 7.11 Å². The molecule has 0 spiro atoms. The maximum absolute atomic E-state index is 13.2. The lowest BCUT2D eigenvalue weighted by Crippen LogP contribution is -2.38. The van der Waals surface area contributed by atoms with Crippen LogP contribution in [-0.4, -0.2) is 18.9 Å². The van der Waals surface area contributed by atoms with Crippen molar-refractivity contribution in [3.8, 4) is 11.3 Å². The molecule has 2 aromatic rings. The standard InChI is InChI=1S/C24H24ClNO4/c1-13-20(23(28)29-4)22(21-16(26-13)11-24(2,3)12-17(21)27)19-9-8-18(30-19)14-6-5-7-15(25)10-14/h5-10,22,26H,11-12H2,1-4H3. The third-order valence-electron chi connectivity index (χ3n) is 5.67. The summed E-state index contributed by atoms with van der Waals surface area (Å²) in [7, 11) is 1.34. The zero-order valence-corrected chi connectivity index (χ0v) is 18.2. The molecule has 0 bridgehead atoms. The highest BCUT2D eigenvalue weighted by atomic mass is 35.5. The molecule has 6 heteroatoms. The van der Waals surface area contributed by atoms with Crippen molar-refractivity contribution >= 4 is 23.4 Å². The molecule has 30 heavy (non-hydrogen) atoms. The Morgan fingerprint density at radius 2 is 2.00 bits per heavy atom. The van der Waals surface area contributed by atoms with Gasteiger partial charge in [-0.1, -0.05) is 37.6 Å². The number of halogens is 1. The molecular weight excluding hydrogens is 402 g/mol. The summed E-state index contributed by atoms with van der Waals surface area (Å²) in [5.41, 5.74) is 3.20. The number of carbonyl (C=O) groups excluding carboxylic acids is 2. The van der Waals surface area contributed by atoms with Gasteiger partial charge in [0, 0.05) is 34.0 Å². The average Bonchev–Trinajstić information content (AvgIpc) is 3.15. The summed E-state index contributed by atoms with van der Waals surface area (Å²) in [6.07, 6.45) is 1.14. The molecule has 1 aromatic carbocycles. The third-order valence-corrected chi connectivity index (χ3v) is 5.90.